The van der Waals surface area contributed by atoms with Crippen LogP contribution in [-0.2, 0) is 42.9 Å². The second-order valence-electron chi connectivity index (χ2n) is 17.4. The molecule has 57 heavy (non-hydrogen) atoms. The lowest BCUT2D eigenvalue weighted by Crippen LogP contribution is -2.64. The van der Waals surface area contributed by atoms with Crippen molar-refractivity contribution >= 4 is 23.4 Å². The average molecular weight is 804 g/mol. The van der Waals surface area contributed by atoms with E-state index in [4.69, 9.17) is 23.7 Å². The first-order valence-electron chi connectivity index (χ1n) is 20.9. The molecule has 3 fully saturated rings. The van der Waals surface area contributed by atoms with E-state index < -0.39 is 77.9 Å². The van der Waals surface area contributed by atoms with E-state index in [1.807, 2.05) is 13.0 Å². The van der Waals surface area contributed by atoms with Gasteiger partial charge in [0.15, 0.2) is 0 Å². The van der Waals surface area contributed by atoms with E-state index in [-0.39, 0.29) is 54.8 Å². The molecule has 15 unspecified atom stereocenters. The molecule has 0 spiro atoms. The molecule has 0 aromatic carbocycles. The van der Waals surface area contributed by atoms with Crippen molar-refractivity contribution in [1.29, 1.82) is 0 Å². The number of cyclic esters (lactones) is 1. The van der Waals surface area contributed by atoms with Crippen LogP contribution < -0.4 is 0 Å². The number of aliphatic hydroxyl groups is 3. The summed E-state index contributed by atoms with van der Waals surface area (Å²) in [4.78, 5) is 57.6. The number of ketones is 2. The summed E-state index contributed by atoms with van der Waals surface area (Å²) in [6.45, 7) is 13.2. The molecule has 1 saturated carbocycles. The Morgan fingerprint density at radius 1 is 0.895 bits per heavy atom. The monoisotopic (exact) mass is 803 g/mol. The van der Waals surface area contributed by atoms with Crippen molar-refractivity contribution < 1.29 is 58.2 Å². The predicted octanol–water partition coefficient (Wildman–Crippen LogP) is 4.84. The number of methoxy groups -OCH3 is 3. The fourth-order valence-electron chi connectivity index (χ4n) is 9.54. The smallest absolute Gasteiger partial charge is 0.329 e. The Morgan fingerprint density at radius 3 is 2.19 bits per heavy atom. The highest BCUT2D eigenvalue weighted by atomic mass is 16.7. The van der Waals surface area contributed by atoms with Crippen LogP contribution in [0.4, 0.5) is 0 Å². The average Bonchev–Trinajstić information content (AvgIpc) is 3.18. The molecule has 3 heterocycles. The van der Waals surface area contributed by atoms with Gasteiger partial charge < -0.3 is 39.0 Å². The third-order valence-electron chi connectivity index (χ3n) is 13.0. The lowest BCUT2D eigenvalue weighted by Gasteiger charge is -2.46. The number of ether oxygens (including phenoxy) is 5. The third-order valence-corrected chi connectivity index (χ3v) is 13.0. The van der Waals surface area contributed by atoms with E-state index in [0.717, 1.165) is 11.3 Å². The second kappa shape index (κ2) is 21.0. The molecule has 4 aliphatic rings. The number of rotatable bonds is 7. The number of allylic oxidation sites excluding steroid dienone is 3. The van der Waals surface area contributed by atoms with Gasteiger partial charge in [0.05, 0.1) is 30.5 Å². The van der Waals surface area contributed by atoms with Gasteiger partial charge in [0, 0.05) is 51.7 Å². The Kier molecular flexibility index (Phi) is 17.2. The SMILES string of the molecule is C=CCC1CC(C)CC(C)CC(OC)C2OC(O)(C(=O)C(=O)N3C=CCCC3C(=O)OC(C(C)=CC3CCC(O)C(OC)C3)C(C)C(O)CC1=O)C(C)CC2OC. The predicted molar refractivity (Wildman–Crippen MR) is 212 cm³/mol. The molecule has 2 bridgehead atoms. The van der Waals surface area contributed by atoms with Crippen LogP contribution in [0.15, 0.2) is 36.6 Å². The first-order valence-corrected chi connectivity index (χ1v) is 20.9. The summed E-state index contributed by atoms with van der Waals surface area (Å²) in [5.74, 6) is -7.58. The van der Waals surface area contributed by atoms with Crippen LogP contribution in [0.1, 0.15) is 105 Å². The Balaban J connectivity index is 1.76. The zero-order valence-corrected chi connectivity index (χ0v) is 35.3. The maximum absolute atomic E-state index is 14.3. The minimum atomic E-state index is -2.53. The fourth-order valence-corrected chi connectivity index (χ4v) is 9.54. The Labute approximate surface area is 339 Å². The summed E-state index contributed by atoms with van der Waals surface area (Å²) in [5, 5.41) is 34.1. The zero-order chi connectivity index (χ0) is 42.2. The maximum Gasteiger partial charge on any atom is 0.329 e. The Morgan fingerprint density at radius 2 is 1.54 bits per heavy atom. The topological polar surface area (TPSA) is 178 Å². The molecule has 13 nitrogen and oxygen atoms in total. The summed E-state index contributed by atoms with van der Waals surface area (Å²) in [7, 11) is 4.62. The molecule has 4 rings (SSSR count). The lowest BCUT2D eigenvalue weighted by molar-refractivity contribution is -0.302. The molecule has 2 saturated heterocycles. The van der Waals surface area contributed by atoms with Crippen molar-refractivity contribution in [3.05, 3.63) is 36.6 Å². The number of nitrogens with zero attached hydrogens (tertiary/aromatic N) is 1. The highest BCUT2D eigenvalue weighted by Crippen LogP contribution is 2.39. The largest absolute Gasteiger partial charge is 0.456 e. The molecule has 1 amide bonds. The van der Waals surface area contributed by atoms with Gasteiger partial charge in [0.2, 0.25) is 5.79 Å². The van der Waals surface area contributed by atoms with Gasteiger partial charge in [-0.25, -0.2) is 4.79 Å². The minimum Gasteiger partial charge on any atom is -0.456 e. The van der Waals surface area contributed by atoms with Crippen LogP contribution in [0.3, 0.4) is 0 Å². The quantitative estimate of drug-likeness (QED) is 0.182. The first-order chi connectivity index (χ1) is 27.0. The van der Waals surface area contributed by atoms with Crippen molar-refractivity contribution in [2.75, 3.05) is 21.3 Å². The van der Waals surface area contributed by atoms with E-state index in [9.17, 15) is 34.5 Å². The molecule has 3 aliphatic heterocycles. The third kappa shape index (κ3) is 11.3. The number of carbonyl (C=O) groups is 4. The minimum absolute atomic E-state index is 0.0141. The van der Waals surface area contributed by atoms with Crippen LogP contribution in [0.5, 0.6) is 0 Å². The van der Waals surface area contributed by atoms with Crippen molar-refractivity contribution in [1.82, 2.24) is 4.90 Å². The van der Waals surface area contributed by atoms with Crippen molar-refractivity contribution in [2.45, 2.75) is 160 Å². The maximum atomic E-state index is 14.3. The number of aliphatic hydroxyl groups excluding tert-OH is 2. The molecular formula is C44H69NO12. The molecule has 0 aromatic heterocycles. The van der Waals surface area contributed by atoms with Gasteiger partial charge in [0.25, 0.3) is 5.78 Å². The van der Waals surface area contributed by atoms with Gasteiger partial charge in [-0.2, -0.15) is 0 Å². The van der Waals surface area contributed by atoms with Crippen LogP contribution in [0.25, 0.3) is 0 Å². The molecule has 3 N–H and O–H groups in total. The number of esters is 1. The molecule has 0 radical (unpaired) electrons. The number of carbonyl (C=O) groups excluding carboxylic acids is 4. The normalized spacial score (nSPS) is 41.2. The molecule has 15 atom stereocenters. The summed E-state index contributed by atoms with van der Waals surface area (Å²) >= 11 is 0. The van der Waals surface area contributed by atoms with Crippen LogP contribution >= 0.6 is 0 Å². The van der Waals surface area contributed by atoms with Crippen LogP contribution in [0.2, 0.25) is 0 Å². The summed E-state index contributed by atoms with van der Waals surface area (Å²) in [6.07, 6.45) is 6.13. The van der Waals surface area contributed by atoms with E-state index in [0.29, 0.717) is 50.5 Å². The van der Waals surface area contributed by atoms with Gasteiger partial charge in [-0.3, -0.25) is 19.3 Å². The summed E-state index contributed by atoms with van der Waals surface area (Å²) in [6, 6.07) is -1.22. The van der Waals surface area contributed by atoms with E-state index in [1.165, 1.54) is 20.4 Å². The van der Waals surface area contributed by atoms with Crippen molar-refractivity contribution in [3.8, 4) is 0 Å². The lowest BCUT2D eigenvalue weighted by atomic mass is 9.79. The van der Waals surface area contributed by atoms with Crippen molar-refractivity contribution in [3.63, 3.8) is 0 Å². The Bertz CT molecular complexity index is 1460. The number of Topliss-reactive ketones (excluding diaryl/α,β-unsaturated/α-hetero) is 2. The number of fused-ring (bicyclic) bond motifs is 3. The van der Waals surface area contributed by atoms with E-state index in [1.54, 1.807) is 33.1 Å². The van der Waals surface area contributed by atoms with Gasteiger partial charge in [-0.1, -0.05) is 45.9 Å². The molecule has 13 heteroatoms. The molecule has 1 aliphatic carbocycles. The van der Waals surface area contributed by atoms with Crippen molar-refractivity contribution in [2.24, 2.45) is 35.5 Å². The first kappa shape index (κ1) is 46.9. The highest BCUT2D eigenvalue weighted by Gasteiger charge is 2.56. The molecule has 322 valence electrons. The van der Waals surface area contributed by atoms with Crippen LogP contribution in [0, 0.1) is 35.5 Å². The number of amides is 1. The number of hydrogen-bond acceptors (Lipinski definition) is 12. The van der Waals surface area contributed by atoms with E-state index >= 15 is 0 Å². The zero-order valence-electron chi connectivity index (χ0n) is 35.3. The number of hydrogen-bond donors (Lipinski definition) is 3. The molecular weight excluding hydrogens is 734 g/mol. The highest BCUT2D eigenvalue weighted by molar-refractivity contribution is 6.39. The molecule has 0 aromatic rings. The van der Waals surface area contributed by atoms with Gasteiger partial charge in [-0.15, -0.1) is 6.58 Å². The summed E-state index contributed by atoms with van der Waals surface area (Å²) < 4.78 is 29.7. The van der Waals surface area contributed by atoms with Gasteiger partial charge in [-0.05, 0) is 94.5 Å². The van der Waals surface area contributed by atoms with E-state index in [2.05, 4.69) is 20.4 Å². The summed E-state index contributed by atoms with van der Waals surface area (Å²) in [5.41, 5.74) is 0.646. The second-order valence-corrected chi connectivity index (χ2v) is 17.4. The van der Waals surface area contributed by atoms with Crippen LogP contribution in [-0.4, -0.2) is 120 Å². The van der Waals surface area contributed by atoms with Gasteiger partial charge >= 0.3 is 11.9 Å². The Hall–Kier alpha value is -2.78. The van der Waals surface area contributed by atoms with Gasteiger partial charge in [0.1, 0.15) is 24.0 Å². The fraction of sp³-hybridized carbons (Fsp3) is 0.773. The standard InChI is InChI=1S/C44H69NO12/c1-10-13-31-19-25(2)18-26(3)20-37(54-8)40-38(55-9)22-28(5)44(52,57-40)41(49)42(50)45-17-12-11-14-32(45)43(51)56-39(29(6)34(47)24-35(31)48)27(4)21-30-15-16-33(46)36(23-30)53-7/h10,12,17,21,25-26,28-34,36-40,46-47,52H,1,11,13-16,18-20,22-24H2,2-9H3.